The van der Waals surface area contributed by atoms with Crippen LogP contribution in [0.2, 0.25) is 0 Å². The number of anilines is 1. The summed E-state index contributed by atoms with van der Waals surface area (Å²) in [6.45, 7) is 9.87. The fourth-order valence-electron chi connectivity index (χ4n) is 1.85. The first-order valence-corrected chi connectivity index (χ1v) is 7.74. The molecule has 122 valence electrons. The van der Waals surface area contributed by atoms with E-state index in [1.54, 1.807) is 12.1 Å². The number of carbonyl (C=O) groups excluding carboxylic acids is 2. The van der Waals surface area contributed by atoms with Crippen LogP contribution in [0.4, 0.5) is 10.5 Å². The largest absolute Gasteiger partial charge is 0.352 e. The topological polar surface area (TPSA) is 70.2 Å². The number of hydrogen-bond donors (Lipinski definition) is 3. The van der Waals surface area contributed by atoms with Crippen LogP contribution < -0.4 is 16.0 Å². The number of para-hydroxylation sites is 1. The maximum absolute atomic E-state index is 12.3. The minimum absolute atomic E-state index is 0.000820. The molecule has 0 aliphatic carbocycles. The van der Waals surface area contributed by atoms with Crippen LogP contribution in [0.1, 0.15) is 34.6 Å². The van der Waals surface area contributed by atoms with Crippen molar-refractivity contribution in [3.05, 3.63) is 30.3 Å². The van der Waals surface area contributed by atoms with Gasteiger partial charge in [-0.1, -0.05) is 45.9 Å². The van der Waals surface area contributed by atoms with Crippen molar-refractivity contribution in [3.63, 3.8) is 0 Å². The molecule has 0 aliphatic rings. The third-order valence-electron chi connectivity index (χ3n) is 3.64. The van der Waals surface area contributed by atoms with Crippen LogP contribution in [0.25, 0.3) is 0 Å². The summed E-state index contributed by atoms with van der Waals surface area (Å²) in [4.78, 5) is 24.4. The fraction of sp³-hybridized carbons (Fsp3) is 0.529. The van der Waals surface area contributed by atoms with Crippen molar-refractivity contribution in [2.45, 2.75) is 46.7 Å². The minimum Gasteiger partial charge on any atom is -0.352 e. The molecule has 5 nitrogen and oxygen atoms in total. The normalized spacial score (nSPS) is 13.6. The lowest BCUT2D eigenvalue weighted by atomic mass is 10.0. The number of carbonyl (C=O) groups is 2. The van der Waals surface area contributed by atoms with Gasteiger partial charge in [0, 0.05) is 11.7 Å². The third-order valence-corrected chi connectivity index (χ3v) is 3.64. The van der Waals surface area contributed by atoms with Gasteiger partial charge in [0.2, 0.25) is 5.91 Å². The number of nitrogens with one attached hydrogen (secondary N) is 3. The zero-order valence-electron chi connectivity index (χ0n) is 14.0. The van der Waals surface area contributed by atoms with E-state index in [-0.39, 0.29) is 23.9 Å². The van der Waals surface area contributed by atoms with Crippen LogP contribution in [0.5, 0.6) is 0 Å². The van der Waals surface area contributed by atoms with Gasteiger partial charge in [0.1, 0.15) is 6.04 Å². The van der Waals surface area contributed by atoms with E-state index in [9.17, 15) is 9.59 Å². The van der Waals surface area contributed by atoms with E-state index in [1.807, 2.05) is 52.8 Å². The molecule has 0 bridgehead atoms. The molecule has 0 saturated heterocycles. The highest BCUT2D eigenvalue weighted by atomic mass is 16.2. The molecular weight excluding hydrogens is 278 g/mol. The lowest BCUT2D eigenvalue weighted by molar-refractivity contribution is -0.124. The average molecular weight is 305 g/mol. The molecule has 0 aliphatic heterocycles. The minimum atomic E-state index is -0.565. The molecule has 2 unspecified atom stereocenters. The van der Waals surface area contributed by atoms with E-state index in [0.29, 0.717) is 11.6 Å². The van der Waals surface area contributed by atoms with Crippen molar-refractivity contribution in [2.24, 2.45) is 11.8 Å². The molecule has 0 radical (unpaired) electrons. The first-order chi connectivity index (χ1) is 10.3. The van der Waals surface area contributed by atoms with E-state index in [0.717, 1.165) is 0 Å². The number of amides is 3. The van der Waals surface area contributed by atoms with E-state index >= 15 is 0 Å². The van der Waals surface area contributed by atoms with Gasteiger partial charge in [-0.3, -0.25) is 4.79 Å². The van der Waals surface area contributed by atoms with E-state index in [1.165, 1.54) is 0 Å². The molecule has 2 atom stereocenters. The predicted molar refractivity (Wildman–Crippen MR) is 89.7 cm³/mol. The first-order valence-electron chi connectivity index (χ1n) is 7.74. The molecule has 3 amide bonds. The van der Waals surface area contributed by atoms with Gasteiger partial charge < -0.3 is 16.0 Å². The average Bonchev–Trinajstić information content (AvgIpc) is 2.45. The zero-order chi connectivity index (χ0) is 16.7. The smallest absolute Gasteiger partial charge is 0.319 e. The standard InChI is InChI=1S/C17H27N3O2/c1-11(2)13(5)18-16(21)15(12(3)4)20-17(22)19-14-9-7-6-8-10-14/h6-13,15H,1-5H3,(H,18,21)(H2,19,20,22). The van der Waals surface area contributed by atoms with Gasteiger partial charge in [0.15, 0.2) is 0 Å². The molecule has 3 N–H and O–H groups in total. The molecule has 0 spiro atoms. The second kappa shape index (κ2) is 8.41. The summed E-state index contributed by atoms with van der Waals surface area (Å²) in [6, 6.07) is 8.27. The summed E-state index contributed by atoms with van der Waals surface area (Å²) in [5, 5.41) is 8.42. The number of urea groups is 1. The SMILES string of the molecule is CC(C)C(C)NC(=O)C(NC(=O)Nc1ccccc1)C(C)C. The van der Waals surface area contributed by atoms with E-state index in [2.05, 4.69) is 16.0 Å². The molecule has 5 heteroatoms. The van der Waals surface area contributed by atoms with Crippen LogP contribution in [-0.2, 0) is 4.79 Å². The molecule has 1 aromatic rings. The second-order valence-corrected chi connectivity index (χ2v) is 6.23. The molecule has 0 aromatic heterocycles. The van der Waals surface area contributed by atoms with Gasteiger partial charge >= 0.3 is 6.03 Å². The van der Waals surface area contributed by atoms with Crippen molar-refractivity contribution in [3.8, 4) is 0 Å². The van der Waals surface area contributed by atoms with Crippen molar-refractivity contribution >= 4 is 17.6 Å². The van der Waals surface area contributed by atoms with Crippen LogP contribution in [-0.4, -0.2) is 24.0 Å². The summed E-state index contributed by atoms with van der Waals surface area (Å²) >= 11 is 0. The molecule has 0 heterocycles. The van der Waals surface area contributed by atoms with Gasteiger partial charge in [-0.15, -0.1) is 0 Å². The van der Waals surface area contributed by atoms with E-state index in [4.69, 9.17) is 0 Å². The van der Waals surface area contributed by atoms with Crippen LogP contribution in [0.3, 0.4) is 0 Å². The van der Waals surface area contributed by atoms with Gasteiger partial charge in [-0.25, -0.2) is 4.79 Å². The van der Waals surface area contributed by atoms with Crippen molar-refractivity contribution in [2.75, 3.05) is 5.32 Å². The lowest BCUT2D eigenvalue weighted by Crippen LogP contribution is -2.53. The quantitative estimate of drug-likeness (QED) is 0.756. The van der Waals surface area contributed by atoms with Crippen molar-refractivity contribution in [1.29, 1.82) is 0 Å². The van der Waals surface area contributed by atoms with Gasteiger partial charge in [0.05, 0.1) is 0 Å². The maximum atomic E-state index is 12.3. The van der Waals surface area contributed by atoms with Crippen molar-refractivity contribution in [1.82, 2.24) is 10.6 Å². The third kappa shape index (κ3) is 5.76. The first kappa shape index (κ1) is 18.0. The number of hydrogen-bond acceptors (Lipinski definition) is 2. The monoisotopic (exact) mass is 305 g/mol. The van der Waals surface area contributed by atoms with Crippen molar-refractivity contribution < 1.29 is 9.59 Å². The molecular formula is C17H27N3O2. The molecule has 22 heavy (non-hydrogen) atoms. The fourth-order valence-corrected chi connectivity index (χ4v) is 1.85. The Balaban J connectivity index is 2.63. The number of rotatable bonds is 6. The predicted octanol–water partition coefficient (Wildman–Crippen LogP) is 2.99. The van der Waals surface area contributed by atoms with Crippen LogP contribution in [0, 0.1) is 11.8 Å². The summed E-state index contributed by atoms with van der Waals surface area (Å²) in [5.41, 5.74) is 0.693. The van der Waals surface area contributed by atoms with Crippen LogP contribution in [0.15, 0.2) is 30.3 Å². The Kier molecular flexibility index (Phi) is 6.89. The molecule has 0 fully saturated rings. The highest BCUT2D eigenvalue weighted by Crippen LogP contribution is 2.08. The highest BCUT2D eigenvalue weighted by Gasteiger charge is 2.25. The Morgan fingerprint density at radius 1 is 0.864 bits per heavy atom. The summed E-state index contributed by atoms with van der Waals surface area (Å²) in [7, 11) is 0. The molecule has 0 saturated carbocycles. The summed E-state index contributed by atoms with van der Waals surface area (Å²) < 4.78 is 0. The molecule has 1 rings (SSSR count). The Hall–Kier alpha value is -2.04. The van der Waals surface area contributed by atoms with E-state index < -0.39 is 6.04 Å². The summed E-state index contributed by atoms with van der Waals surface area (Å²) in [5.74, 6) is 0.190. The van der Waals surface area contributed by atoms with Gasteiger partial charge in [-0.05, 0) is 30.9 Å². The van der Waals surface area contributed by atoms with Gasteiger partial charge in [0.25, 0.3) is 0 Å². The Bertz CT molecular complexity index is 486. The van der Waals surface area contributed by atoms with Crippen LogP contribution >= 0.6 is 0 Å². The number of benzene rings is 1. The Morgan fingerprint density at radius 3 is 1.95 bits per heavy atom. The Labute approximate surface area is 132 Å². The maximum Gasteiger partial charge on any atom is 0.319 e. The second-order valence-electron chi connectivity index (χ2n) is 6.23. The lowest BCUT2D eigenvalue weighted by Gasteiger charge is -2.25. The summed E-state index contributed by atoms with van der Waals surface area (Å²) in [6.07, 6.45) is 0. The molecule has 1 aromatic carbocycles. The highest BCUT2D eigenvalue weighted by molar-refractivity contribution is 5.93. The zero-order valence-corrected chi connectivity index (χ0v) is 14.0. The van der Waals surface area contributed by atoms with Gasteiger partial charge in [-0.2, -0.15) is 0 Å². The Morgan fingerprint density at radius 2 is 1.45 bits per heavy atom.